The average molecular weight is 300 g/mol. The summed E-state index contributed by atoms with van der Waals surface area (Å²) in [7, 11) is 0. The molecule has 0 radical (unpaired) electrons. The fraction of sp³-hybridized carbons (Fsp3) is 0.650. The average Bonchev–Trinajstić information content (AvgIpc) is 3.01. The van der Waals surface area contributed by atoms with Gasteiger partial charge in [-0.25, -0.2) is 0 Å². The van der Waals surface area contributed by atoms with E-state index in [1.54, 1.807) is 11.8 Å². The molecule has 0 aromatic carbocycles. The van der Waals surface area contributed by atoms with E-state index < -0.39 is 0 Å². The van der Waals surface area contributed by atoms with Crippen molar-refractivity contribution in [2.45, 2.75) is 59.3 Å². The minimum Gasteiger partial charge on any atom is -0.472 e. The first-order valence-corrected chi connectivity index (χ1v) is 8.64. The van der Waals surface area contributed by atoms with Crippen LogP contribution in [0, 0.1) is 22.7 Å². The molecule has 2 nitrogen and oxygen atoms in total. The number of carbonyl (C=O) groups excluding carboxylic acids is 1. The first kappa shape index (κ1) is 15.6. The quantitative estimate of drug-likeness (QED) is 0.566. The molecule has 2 aliphatic rings. The highest BCUT2D eigenvalue weighted by molar-refractivity contribution is 5.56. The van der Waals surface area contributed by atoms with Crippen molar-refractivity contribution >= 4 is 6.29 Å². The molecule has 1 aromatic rings. The predicted octanol–water partition coefficient (Wildman–Crippen LogP) is 5.19. The summed E-state index contributed by atoms with van der Waals surface area (Å²) < 4.78 is 5.21. The van der Waals surface area contributed by atoms with E-state index in [0.717, 1.165) is 25.7 Å². The van der Waals surface area contributed by atoms with Crippen LogP contribution in [0.1, 0.15) is 58.4 Å². The molecule has 2 heteroatoms. The summed E-state index contributed by atoms with van der Waals surface area (Å²) in [5.74, 6) is 0.809. The highest BCUT2D eigenvalue weighted by atomic mass is 16.3. The Morgan fingerprint density at radius 3 is 2.86 bits per heavy atom. The zero-order valence-electron chi connectivity index (χ0n) is 14.1. The lowest BCUT2D eigenvalue weighted by Crippen LogP contribution is -2.51. The minimum atomic E-state index is 0.0987. The van der Waals surface area contributed by atoms with Gasteiger partial charge >= 0.3 is 0 Å². The number of fused-ring (bicyclic) bond motifs is 1. The number of carbonyl (C=O) groups is 1. The van der Waals surface area contributed by atoms with Crippen LogP contribution in [-0.4, -0.2) is 6.29 Å². The number of rotatable bonds is 4. The Hall–Kier alpha value is -1.31. The SMILES string of the molecule is CC1=CCC[C@@H]2[C@@](C)(CCc3ccoc3)[C@H](C=O)CC[C@@]12C. The molecule has 120 valence electrons. The normalized spacial score (nSPS) is 38.2. The fourth-order valence-electron chi connectivity index (χ4n) is 5.20. The van der Waals surface area contributed by atoms with Crippen LogP contribution in [0.3, 0.4) is 0 Å². The van der Waals surface area contributed by atoms with Crippen LogP contribution < -0.4 is 0 Å². The lowest BCUT2D eigenvalue weighted by atomic mass is 9.47. The number of hydrogen-bond donors (Lipinski definition) is 0. The number of aryl methyl sites for hydroxylation is 1. The second kappa shape index (κ2) is 5.72. The van der Waals surface area contributed by atoms with E-state index in [2.05, 4.69) is 26.8 Å². The first-order chi connectivity index (χ1) is 10.5. The molecule has 1 heterocycles. The molecule has 22 heavy (non-hydrogen) atoms. The molecule has 1 saturated carbocycles. The van der Waals surface area contributed by atoms with Crippen molar-refractivity contribution < 1.29 is 9.21 Å². The van der Waals surface area contributed by atoms with E-state index in [0.29, 0.717) is 5.92 Å². The zero-order valence-corrected chi connectivity index (χ0v) is 14.1. The highest BCUT2D eigenvalue weighted by Gasteiger charge is 2.54. The smallest absolute Gasteiger partial charge is 0.123 e. The molecule has 3 rings (SSSR count). The predicted molar refractivity (Wildman–Crippen MR) is 88.5 cm³/mol. The van der Waals surface area contributed by atoms with Crippen molar-refractivity contribution in [3.63, 3.8) is 0 Å². The zero-order chi connectivity index (χ0) is 15.8. The Morgan fingerprint density at radius 1 is 1.36 bits per heavy atom. The summed E-state index contributed by atoms with van der Waals surface area (Å²) in [6.07, 6.45) is 13.9. The van der Waals surface area contributed by atoms with E-state index in [-0.39, 0.29) is 16.7 Å². The minimum absolute atomic E-state index is 0.0987. The molecular weight excluding hydrogens is 272 g/mol. The molecule has 0 amide bonds. The number of furan rings is 1. The van der Waals surface area contributed by atoms with Crippen LogP contribution in [0.4, 0.5) is 0 Å². The third kappa shape index (κ3) is 2.37. The summed E-state index contributed by atoms with van der Waals surface area (Å²) in [5, 5.41) is 0. The lowest BCUT2D eigenvalue weighted by Gasteiger charge is -2.57. The number of allylic oxidation sites excluding steroid dienone is 2. The molecule has 2 aliphatic carbocycles. The Bertz CT molecular complexity index is 556. The van der Waals surface area contributed by atoms with E-state index in [1.165, 1.54) is 24.7 Å². The molecule has 0 unspecified atom stereocenters. The summed E-state index contributed by atoms with van der Waals surface area (Å²) in [6, 6.07) is 2.05. The van der Waals surface area contributed by atoms with Crippen molar-refractivity contribution in [3.05, 3.63) is 35.8 Å². The maximum absolute atomic E-state index is 11.8. The van der Waals surface area contributed by atoms with Crippen LogP contribution in [-0.2, 0) is 11.2 Å². The van der Waals surface area contributed by atoms with Gasteiger partial charge in [-0.1, -0.05) is 25.5 Å². The van der Waals surface area contributed by atoms with Crippen molar-refractivity contribution in [1.29, 1.82) is 0 Å². The standard InChI is InChI=1S/C20H28O2/c1-15-5-4-6-18-19(15,2)11-8-17(13-21)20(18,3)10-7-16-9-12-22-14-16/h5,9,12-14,17-18H,4,6-8,10-11H2,1-3H3/t17-,18-,19-,20-/m0/s1. The van der Waals surface area contributed by atoms with Gasteiger partial charge in [0.1, 0.15) is 6.29 Å². The topological polar surface area (TPSA) is 30.2 Å². The van der Waals surface area contributed by atoms with Crippen molar-refractivity contribution in [1.82, 2.24) is 0 Å². The van der Waals surface area contributed by atoms with Gasteiger partial charge in [0.15, 0.2) is 0 Å². The maximum Gasteiger partial charge on any atom is 0.123 e. The summed E-state index contributed by atoms with van der Waals surface area (Å²) in [4.78, 5) is 11.8. The van der Waals surface area contributed by atoms with E-state index >= 15 is 0 Å². The molecule has 0 aliphatic heterocycles. The van der Waals surface area contributed by atoms with Crippen molar-refractivity contribution in [2.24, 2.45) is 22.7 Å². The summed E-state index contributed by atoms with van der Waals surface area (Å²) in [6.45, 7) is 7.09. The second-order valence-corrected chi connectivity index (χ2v) is 7.85. The lowest BCUT2D eigenvalue weighted by molar-refractivity contribution is -0.124. The molecule has 0 spiro atoms. The molecule has 1 fully saturated rings. The third-order valence-electron chi connectivity index (χ3n) is 6.89. The largest absolute Gasteiger partial charge is 0.472 e. The van der Waals surface area contributed by atoms with Crippen LogP contribution >= 0.6 is 0 Å². The van der Waals surface area contributed by atoms with Crippen LogP contribution in [0.25, 0.3) is 0 Å². The summed E-state index contributed by atoms with van der Waals surface area (Å²) >= 11 is 0. The Morgan fingerprint density at radius 2 is 2.18 bits per heavy atom. The molecule has 0 saturated heterocycles. The van der Waals surface area contributed by atoms with Gasteiger partial charge in [0.2, 0.25) is 0 Å². The Labute approximate surface area is 134 Å². The number of aldehydes is 1. The van der Waals surface area contributed by atoms with Gasteiger partial charge in [-0.2, -0.15) is 0 Å². The van der Waals surface area contributed by atoms with Gasteiger partial charge in [-0.3, -0.25) is 0 Å². The van der Waals surface area contributed by atoms with E-state index in [1.807, 2.05) is 12.3 Å². The van der Waals surface area contributed by atoms with Gasteiger partial charge in [0.05, 0.1) is 12.5 Å². The van der Waals surface area contributed by atoms with Crippen LogP contribution in [0.15, 0.2) is 34.7 Å². The van der Waals surface area contributed by atoms with Gasteiger partial charge in [-0.15, -0.1) is 0 Å². The first-order valence-electron chi connectivity index (χ1n) is 8.64. The van der Waals surface area contributed by atoms with Gasteiger partial charge in [-0.05, 0) is 73.8 Å². The highest BCUT2D eigenvalue weighted by Crippen LogP contribution is 2.61. The Balaban J connectivity index is 1.89. The van der Waals surface area contributed by atoms with Crippen LogP contribution in [0.2, 0.25) is 0 Å². The molecule has 4 atom stereocenters. The van der Waals surface area contributed by atoms with Gasteiger partial charge in [0.25, 0.3) is 0 Å². The van der Waals surface area contributed by atoms with Gasteiger partial charge in [0, 0.05) is 5.92 Å². The molecule has 0 bridgehead atoms. The summed E-state index contributed by atoms with van der Waals surface area (Å²) in [5.41, 5.74) is 3.17. The molecule has 0 N–H and O–H groups in total. The van der Waals surface area contributed by atoms with Crippen molar-refractivity contribution in [3.8, 4) is 0 Å². The second-order valence-electron chi connectivity index (χ2n) is 7.85. The molecule has 1 aromatic heterocycles. The Kier molecular flexibility index (Phi) is 4.05. The van der Waals surface area contributed by atoms with E-state index in [9.17, 15) is 4.79 Å². The van der Waals surface area contributed by atoms with E-state index in [4.69, 9.17) is 4.42 Å². The maximum atomic E-state index is 11.8. The third-order valence-corrected chi connectivity index (χ3v) is 6.89. The van der Waals surface area contributed by atoms with Crippen LogP contribution in [0.5, 0.6) is 0 Å². The van der Waals surface area contributed by atoms with Gasteiger partial charge < -0.3 is 9.21 Å². The fourth-order valence-corrected chi connectivity index (χ4v) is 5.20. The monoisotopic (exact) mass is 300 g/mol. The number of hydrogen-bond acceptors (Lipinski definition) is 2. The molecular formula is C20H28O2. The van der Waals surface area contributed by atoms with Crippen molar-refractivity contribution in [2.75, 3.05) is 0 Å².